The number of aliphatic hydroxyl groups excluding tert-OH is 1. The number of aromatic nitrogens is 2. The van der Waals surface area contributed by atoms with E-state index in [4.69, 9.17) is 28.7 Å². The van der Waals surface area contributed by atoms with Gasteiger partial charge in [0.1, 0.15) is 72.5 Å². The van der Waals surface area contributed by atoms with Crippen molar-refractivity contribution < 1.29 is 77.3 Å². The maximum absolute atomic E-state index is 14.5. The fraction of sp³-hybridized carbons (Fsp3) is 0.648. The van der Waals surface area contributed by atoms with Crippen molar-refractivity contribution in [1.82, 2.24) is 77.8 Å². The number of amides is 13. The predicted octanol–water partition coefficient (Wildman–Crippen LogP) is -4.70. The van der Waals surface area contributed by atoms with Gasteiger partial charge < -0.3 is 112 Å². The second-order valence-electron chi connectivity index (χ2n) is 28.4. The van der Waals surface area contributed by atoms with E-state index in [9.17, 15) is 77.3 Å². The molecule has 4 fully saturated rings. The molecule has 5 heterocycles. The number of aryl methyl sites for hydroxylation is 1. The lowest BCUT2D eigenvalue weighted by Gasteiger charge is -2.31. The Morgan fingerprint density at radius 3 is 1.57 bits per heavy atom. The van der Waals surface area contributed by atoms with Crippen molar-refractivity contribution in [1.29, 1.82) is 0 Å². The van der Waals surface area contributed by atoms with Crippen LogP contribution < -0.4 is 81.8 Å². The summed E-state index contributed by atoms with van der Waals surface area (Å²) in [6.45, 7) is 6.40. The van der Waals surface area contributed by atoms with Crippen LogP contribution in [0.15, 0.2) is 46.8 Å². The first-order valence-electron chi connectivity index (χ1n) is 37.6. The minimum atomic E-state index is -1.77. The number of hydrogen-bond acceptors (Lipinski definition) is 19. The number of carbonyl (C=O) groups is 14. The number of aliphatic carboxylic acids is 1. The SMILES string of the molecule is CCCC[C@H](NC(=O)[C@@H]1CCCN1C(=O)CNC(=O)[C@H](CCCCN)NC(=O)[C@H](Cc1cnc[nH]1)NC(=O)[C@H](CO)NC(=O)[C@H](CC(C)C)NC(=O)[C@H](CCCN=C(N)N)NC(=O)[C@@H]1CCCN1C(=O)[C@H](CCCN=C(N)N)NC(=O)[C@@H]1CCC(=O)N1)C(=O)N1CCC[C@H]1C(=O)N[C@@H](Cc1ccc(C)cc1)C(=O)O. The summed E-state index contributed by atoms with van der Waals surface area (Å²) in [4.78, 5) is 214. The molecule has 0 bridgehead atoms. The highest BCUT2D eigenvalue weighted by atomic mass is 16.4. The molecule has 6 rings (SSSR count). The standard InChI is InChI=1S/C71H112N22O16/c1-5-6-14-47(67(106)93-32-13-20-55(93)66(105)89-51(69(108)109)34-42-23-21-41(4)22-24-42)86-64(103)53-18-11-30-91(53)57(96)37-80-58(97)44(15-7-8-27-72)83-62(101)50(35-43-36-77-39-81-43)88-63(102)52(38-94)90-61(100)49(33-40(2)3)87-59(98)45(16-9-28-78-70(73)74)84-65(104)54-19-12-31-92(54)68(107)48(17-10-29-79-71(75)76)85-60(99)46-25-26-56(95)82-46/h21-24,36,39-40,44-55,94H,5-20,25-35,37-38,72H2,1-4H3,(H,77,81)(H,80,97)(H,82,95)(H,83,101)(H,84,104)(H,85,99)(H,86,103)(H,87,98)(H,88,102)(H,89,105)(H,90,100)(H,108,109)(H4,73,74,78)(H4,75,76,79)/t44-,45-,46-,47-,48-,49-,50-,51-,52-,53-,54-,55-/m0/s1. The van der Waals surface area contributed by atoms with Crippen LogP contribution in [-0.4, -0.2) is 254 Å². The number of imidazole rings is 1. The molecule has 2 aromatic rings. The molecule has 38 heteroatoms. The van der Waals surface area contributed by atoms with Gasteiger partial charge in [-0.15, -0.1) is 0 Å². The van der Waals surface area contributed by atoms with Crippen molar-refractivity contribution >= 4 is 94.7 Å². The lowest BCUT2D eigenvalue weighted by molar-refractivity contribution is -0.145. The van der Waals surface area contributed by atoms with Crippen LogP contribution in [0.1, 0.15) is 160 Å². The second kappa shape index (κ2) is 44.1. The van der Waals surface area contributed by atoms with Crippen LogP contribution in [0.5, 0.6) is 0 Å². The van der Waals surface area contributed by atoms with E-state index in [1.165, 1.54) is 27.2 Å². The van der Waals surface area contributed by atoms with Crippen LogP contribution in [0.4, 0.5) is 0 Å². The number of nitrogens with one attached hydrogen (secondary N) is 11. The second-order valence-corrected chi connectivity index (χ2v) is 28.4. The van der Waals surface area contributed by atoms with E-state index in [1.54, 1.807) is 26.0 Å². The van der Waals surface area contributed by atoms with Gasteiger partial charge in [-0.2, -0.15) is 0 Å². The van der Waals surface area contributed by atoms with Gasteiger partial charge in [-0.25, -0.2) is 9.78 Å². The van der Waals surface area contributed by atoms with Gasteiger partial charge in [0.2, 0.25) is 76.8 Å². The molecular formula is C71H112N22O16. The predicted molar refractivity (Wildman–Crippen MR) is 397 cm³/mol. The molecule has 109 heavy (non-hydrogen) atoms. The molecule has 23 N–H and O–H groups in total. The van der Waals surface area contributed by atoms with Crippen LogP contribution in [-0.2, 0) is 80.0 Å². The van der Waals surface area contributed by atoms with E-state index in [1.807, 2.05) is 26.0 Å². The van der Waals surface area contributed by atoms with Crippen molar-refractivity contribution in [3.05, 3.63) is 53.6 Å². The molecule has 38 nitrogen and oxygen atoms in total. The number of rotatable bonds is 44. The molecule has 1 aromatic heterocycles. The molecule has 13 amide bonds. The normalized spacial score (nSPS) is 18.9. The van der Waals surface area contributed by atoms with Crippen molar-refractivity contribution in [2.24, 2.45) is 44.6 Å². The lowest BCUT2D eigenvalue weighted by Crippen LogP contribution is -2.61. The number of carboxylic acids is 1. The van der Waals surface area contributed by atoms with Crippen LogP contribution in [0.2, 0.25) is 0 Å². The number of benzene rings is 1. The quantitative estimate of drug-likeness (QED) is 0.0168. The molecule has 0 saturated carbocycles. The maximum atomic E-state index is 14.5. The van der Waals surface area contributed by atoms with E-state index < -0.39 is 163 Å². The fourth-order valence-corrected chi connectivity index (χ4v) is 13.6. The Hall–Kier alpha value is -10.5. The number of likely N-dealkylation sites (tertiary alicyclic amines) is 3. The van der Waals surface area contributed by atoms with Gasteiger partial charge >= 0.3 is 5.97 Å². The molecule has 602 valence electrons. The fourth-order valence-electron chi connectivity index (χ4n) is 13.6. The monoisotopic (exact) mass is 1530 g/mol. The number of hydrogen-bond donors (Lipinski definition) is 18. The van der Waals surface area contributed by atoms with E-state index >= 15 is 0 Å². The van der Waals surface area contributed by atoms with Gasteiger partial charge in [0.05, 0.1) is 19.5 Å². The molecular weight excluding hydrogens is 1420 g/mol. The molecule has 4 aliphatic heterocycles. The zero-order valence-corrected chi connectivity index (χ0v) is 62.7. The summed E-state index contributed by atoms with van der Waals surface area (Å²) in [5.41, 5.74) is 30.0. The Morgan fingerprint density at radius 2 is 1.05 bits per heavy atom. The zero-order valence-electron chi connectivity index (χ0n) is 62.7. The van der Waals surface area contributed by atoms with Crippen LogP contribution in [0.25, 0.3) is 0 Å². The van der Waals surface area contributed by atoms with Gasteiger partial charge in [0.15, 0.2) is 11.9 Å². The summed E-state index contributed by atoms with van der Waals surface area (Å²) in [5.74, 6) is -11.3. The average Bonchev–Trinajstić information content (AvgIpc) is 1.72. The van der Waals surface area contributed by atoms with Crippen LogP contribution in [0.3, 0.4) is 0 Å². The van der Waals surface area contributed by atoms with E-state index in [-0.39, 0.29) is 153 Å². The summed E-state index contributed by atoms with van der Waals surface area (Å²) < 4.78 is 0. The highest BCUT2D eigenvalue weighted by Crippen LogP contribution is 2.25. The molecule has 0 aliphatic carbocycles. The third-order valence-corrected chi connectivity index (χ3v) is 19.4. The molecule has 4 aliphatic rings. The Kier molecular flexibility index (Phi) is 35.3. The average molecular weight is 1530 g/mol. The Balaban J connectivity index is 1.10. The number of carbonyl (C=O) groups excluding carboxylic acids is 13. The first kappa shape index (κ1) is 87.4. The summed E-state index contributed by atoms with van der Waals surface area (Å²) in [7, 11) is 0. The summed E-state index contributed by atoms with van der Waals surface area (Å²) >= 11 is 0. The maximum Gasteiger partial charge on any atom is 0.326 e. The van der Waals surface area contributed by atoms with Crippen molar-refractivity contribution in [3.8, 4) is 0 Å². The highest BCUT2D eigenvalue weighted by molar-refractivity contribution is 6.00. The van der Waals surface area contributed by atoms with Gasteiger partial charge in [0, 0.05) is 63.9 Å². The number of aliphatic imine (C=N–C) groups is 2. The Morgan fingerprint density at radius 1 is 0.569 bits per heavy atom. The smallest absolute Gasteiger partial charge is 0.326 e. The molecule has 1 aromatic carbocycles. The number of H-pyrrole nitrogens is 1. The highest BCUT2D eigenvalue weighted by Gasteiger charge is 2.44. The first-order chi connectivity index (χ1) is 52.0. The van der Waals surface area contributed by atoms with E-state index in [0.717, 1.165) is 5.56 Å². The number of unbranched alkanes of at least 4 members (excludes halogenated alkanes) is 2. The molecule has 0 unspecified atom stereocenters. The molecule has 4 saturated heterocycles. The molecule has 12 atom stereocenters. The van der Waals surface area contributed by atoms with Gasteiger partial charge in [0.25, 0.3) is 0 Å². The van der Waals surface area contributed by atoms with Crippen LogP contribution in [0, 0.1) is 12.8 Å². The number of nitrogens with two attached hydrogens (primary N) is 5. The number of aromatic amines is 1. The minimum absolute atomic E-state index is 0.00441. The third-order valence-electron chi connectivity index (χ3n) is 19.4. The number of aliphatic hydroxyl groups is 1. The van der Waals surface area contributed by atoms with Crippen molar-refractivity contribution in [2.75, 3.05) is 52.4 Å². The van der Waals surface area contributed by atoms with Gasteiger partial charge in [-0.3, -0.25) is 72.3 Å². The number of guanidine groups is 2. The first-order valence-corrected chi connectivity index (χ1v) is 37.6. The van der Waals surface area contributed by atoms with Crippen LogP contribution >= 0.6 is 0 Å². The largest absolute Gasteiger partial charge is 0.480 e. The van der Waals surface area contributed by atoms with E-state index in [0.29, 0.717) is 56.2 Å². The Labute approximate surface area is 633 Å². The topological polar surface area (TPSA) is 593 Å². The van der Waals surface area contributed by atoms with E-state index in [2.05, 4.69) is 73.1 Å². The zero-order chi connectivity index (χ0) is 79.9. The van der Waals surface area contributed by atoms with Crippen molar-refractivity contribution in [3.63, 3.8) is 0 Å². The summed E-state index contributed by atoms with van der Waals surface area (Å²) in [6.07, 6.45) is 7.00. The number of carboxylic acid groups (broad SMARTS) is 1. The van der Waals surface area contributed by atoms with Gasteiger partial charge in [-0.1, -0.05) is 63.4 Å². The lowest BCUT2D eigenvalue weighted by atomic mass is 10.0. The third kappa shape index (κ3) is 27.6. The Bertz CT molecular complexity index is 3520. The number of nitrogens with zero attached hydrogens (tertiary/aromatic N) is 6. The minimum Gasteiger partial charge on any atom is -0.480 e. The van der Waals surface area contributed by atoms with Crippen molar-refractivity contribution in [2.45, 2.75) is 235 Å². The van der Waals surface area contributed by atoms with Gasteiger partial charge in [-0.05, 0) is 128 Å². The molecule has 0 spiro atoms. The molecule has 0 radical (unpaired) electrons. The summed E-state index contributed by atoms with van der Waals surface area (Å²) in [6, 6.07) is -7.82. The summed E-state index contributed by atoms with van der Waals surface area (Å²) in [5, 5.41) is 47.2.